The molecule has 0 aromatic carbocycles. The Morgan fingerprint density at radius 2 is 1.10 bits per heavy atom. The van der Waals surface area contributed by atoms with Crippen LogP contribution in [0.1, 0.15) is 130 Å². The van der Waals surface area contributed by atoms with E-state index >= 15 is 0 Å². The van der Waals surface area contributed by atoms with E-state index in [2.05, 4.69) is 34.3 Å². The van der Waals surface area contributed by atoms with Gasteiger partial charge in [-0.3, -0.25) is 9.59 Å². The zero-order valence-electron chi connectivity index (χ0n) is 30.7. The molecule has 0 aromatic rings. The maximum atomic E-state index is 12.4. The predicted octanol–water partition coefficient (Wildman–Crippen LogP) is 6.20. The van der Waals surface area contributed by atoms with Crippen molar-refractivity contribution in [1.29, 1.82) is 0 Å². The first-order chi connectivity index (χ1) is 23.3. The van der Waals surface area contributed by atoms with Gasteiger partial charge in [-0.1, -0.05) is 40.5 Å². The molecule has 0 radical (unpaired) electrons. The summed E-state index contributed by atoms with van der Waals surface area (Å²) in [5.74, 6) is -0.471. The van der Waals surface area contributed by atoms with Crippen LogP contribution in [0.2, 0.25) is 0 Å². The highest BCUT2D eigenvalue weighted by molar-refractivity contribution is 5.70. The molecule has 1 heterocycles. The quantitative estimate of drug-likeness (QED) is 0.0533. The first-order valence-electron chi connectivity index (χ1n) is 19.0. The third-order valence-electron chi connectivity index (χ3n) is 8.58. The fraction of sp³-hybridized carbons (Fsp3) is 0.889. The van der Waals surface area contributed by atoms with Crippen LogP contribution in [0, 0.1) is 0 Å². The van der Waals surface area contributed by atoms with Gasteiger partial charge in [0.25, 0.3) is 0 Å². The minimum Gasteiger partial charge on any atom is -0.466 e. The lowest BCUT2D eigenvalue weighted by Crippen LogP contribution is -2.36. The Bertz CT molecular complexity index is 798. The van der Waals surface area contributed by atoms with E-state index in [0.717, 1.165) is 103 Å². The van der Waals surface area contributed by atoms with Crippen LogP contribution in [0.5, 0.6) is 0 Å². The molecule has 1 aliphatic heterocycles. The number of carbonyl (C=O) groups excluding carboxylic acids is 4. The Kier molecular flexibility index (Phi) is 26.5. The van der Waals surface area contributed by atoms with Crippen molar-refractivity contribution in [3.05, 3.63) is 0 Å². The molecule has 2 N–H and O–H groups in total. The van der Waals surface area contributed by atoms with Crippen molar-refractivity contribution in [2.75, 3.05) is 65.6 Å². The summed E-state index contributed by atoms with van der Waals surface area (Å²) in [4.78, 5) is 53.2. The highest BCUT2D eigenvalue weighted by atomic mass is 16.6. The van der Waals surface area contributed by atoms with E-state index in [-0.39, 0.29) is 49.2 Å². The average Bonchev–Trinajstić information content (AvgIpc) is 3.60. The molecular weight excluding hydrogens is 616 g/mol. The Morgan fingerprint density at radius 3 is 1.52 bits per heavy atom. The number of hydrogen-bond donors (Lipinski definition) is 2. The second-order valence-corrected chi connectivity index (χ2v) is 12.8. The largest absolute Gasteiger partial charge is 0.466 e. The summed E-state index contributed by atoms with van der Waals surface area (Å²) in [5.41, 5.74) is 0. The Morgan fingerprint density at radius 1 is 0.646 bits per heavy atom. The molecule has 0 aromatic heterocycles. The van der Waals surface area contributed by atoms with Gasteiger partial charge in [0.2, 0.25) is 0 Å². The van der Waals surface area contributed by atoms with E-state index in [1.807, 2.05) is 13.8 Å². The number of nitrogens with one attached hydrogen (secondary N) is 2. The summed E-state index contributed by atoms with van der Waals surface area (Å²) in [6.07, 6.45) is 12.3. The van der Waals surface area contributed by atoms with Gasteiger partial charge < -0.3 is 39.4 Å². The highest BCUT2D eigenvalue weighted by Crippen LogP contribution is 2.09. The van der Waals surface area contributed by atoms with Gasteiger partial charge in [-0.15, -0.1) is 0 Å². The van der Waals surface area contributed by atoms with E-state index in [1.54, 1.807) is 0 Å². The maximum absolute atomic E-state index is 12.4. The van der Waals surface area contributed by atoms with Crippen LogP contribution in [-0.4, -0.2) is 112 Å². The van der Waals surface area contributed by atoms with E-state index in [1.165, 1.54) is 12.8 Å². The number of rotatable bonds is 29. The van der Waals surface area contributed by atoms with Crippen LogP contribution in [-0.2, 0) is 28.5 Å². The second kappa shape index (κ2) is 29.3. The predicted molar refractivity (Wildman–Crippen MR) is 188 cm³/mol. The number of alkyl carbamates (subject to hydrolysis) is 2. The highest BCUT2D eigenvalue weighted by Gasteiger charge is 2.17. The van der Waals surface area contributed by atoms with Crippen LogP contribution in [0.25, 0.3) is 0 Å². The van der Waals surface area contributed by atoms with Gasteiger partial charge in [-0.05, 0) is 90.1 Å². The van der Waals surface area contributed by atoms with Crippen LogP contribution >= 0.6 is 0 Å². The molecule has 12 nitrogen and oxygen atoms in total. The maximum Gasteiger partial charge on any atom is 0.407 e. The standard InChI is InChI=1S/C36H68N4O8/c1-5-17-31(7-3)47-35(43)37-21-11-9-15-29-45-33(41)19-25-40(28-27-39-23-13-14-24-39)26-20-34(42)46-30-16-10-12-22-38-36(44)48-32(8-4)18-6-2/h31-32H,5-30H2,1-4H3,(H,37,43)(H,38,44). The summed E-state index contributed by atoms with van der Waals surface area (Å²) in [6.45, 7) is 15.0. The van der Waals surface area contributed by atoms with Gasteiger partial charge in [-0.2, -0.15) is 0 Å². The minimum absolute atomic E-state index is 0.0293. The average molecular weight is 685 g/mol. The number of unbranched alkanes of at least 4 members (excludes halogenated alkanes) is 4. The van der Waals surface area contributed by atoms with Gasteiger partial charge >= 0.3 is 24.1 Å². The van der Waals surface area contributed by atoms with E-state index in [9.17, 15) is 19.2 Å². The van der Waals surface area contributed by atoms with Crippen LogP contribution in [0.4, 0.5) is 9.59 Å². The summed E-state index contributed by atoms with van der Waals surface area (Å²) < 4.78 is 21.7. The van der Waals surface area contributed by atoms with Crippen molar-refractivity contribution in [2.24, 2.45) is 0 Å². The lowest BCUT2D eigenvalue weighted by Gasteiger charge is -2.24. The van der Waals surface area contributed by atoms with Gasteiger partial charge in [0.15, 0.2) is 0 Å². The number of nitrogens with zero attached hydrogens (tertiary/aromatic N) is 2. The zero-order valence-corrected chi connectivity index (χ0v) is 30.7. The summed E-state index contributed by atoms with van der Waals surface area (Å²) in [7, 11) is 0. The van der Waals surface area contributed by atoms with E-state index in [0.29, 0.717) is 39.4 Å². The van der Waals surface area contributed by atoms with Gasteiger partial charge in [0.1, 0.15) is 12.2 Å². The van der Waals surface area contributed by atoms with Gasteiger partial charge in [0.05, 0.1) is 26.1 Å². The lowest BCUT2D eigenvalue weighted by atomic mass is 10.2. The topological polar surface area (TPSA) is 136 Å². The second-order valence-electron chi connectivity index (χ2n) is 12.8. The minimum atomic E-state index is -0.364. The first-order valence-corrected chi connectivity index (χ1v) is 19.0. The molecule has 1 rings (SSSR count). The normalized spacial score (nSPS) is 14.4. The van der Waals surface area contributed by atoms with Crippen molar-refractivity contribution < 1.29 is 38.1 Å². The molecule has 0 bridgehead atoms. The van der Waals surface area contributed by atoms with Crippen molar-refractivity contribution in [1.82, 2.24) is 20.4 Å². The Labute approximate surface area is 290 Å². The van der Waals surface area contributed by atoms with Crippen molar-refractivity contribution in [3.8, 4) is 0 Å². The monoisotopic (exact) mass is 685 g/mol. The van der Waals surface area contributed by atoms with Crippen molar-refractivity contribution >= 4 is 24.1 Å². The van der Waals surface area contributed by atoms with Crippen LogP contribution in [0.3, 0.4) is 0 Å². The Balaban J connectivity index is 2.21. The number of likely N-dealkylation sites (tertiary alicyclic amines) is 1. The fourth-order valence-electron chi connectivity index (χ4n) is 5.55. The third kappa shape index (κ3) is 23.7. The SMILES string of the molecule is CCCC(CC)OC(=O)NCCCCCOC(=O)CCN(CCC(=O)OCCCCCNC(=O)OC(CC)CCC)CCN1CCCC1. The summed E-state index contributed by atoms with van der Waals surface area (Å²) >= 11 is 0. The molecule has 1 fully saturated rings. The summed E-state index contributed by atoms with van der Waals surface area (Å²) in [6, 6.07) is 0. The number of carbonyl (C=O) groups is 4. The smallest absolute Gasteiger partial charge is 0.407 e. The van der Waals surface area contributed by atoms with Gasteiger partial charge in [0, 0.05) is 39.3 Å². The third-order valence-corrected chi connectivity index (χ3v) is 8.58. The van der Waals surface area contributed by atoms with Gasteiger partial charge in [-0.25, -0.2) is 9.59 Å². The van der Waals surface area contributed by atoms with Crippen molar-refractivity contribution in [2.45, 2.75) is 143 Å². The molecule has 0 saturated carbocycles. The molecule has 2 atom stereocenters. The summed E-state index contributed by atoms with van der Waals surface area (Å²) in [5, 5.41) is 5.59. The van der Waals surface area contributed by atoms with Crippen LogP contribution < -0.4 is 10.6 Å². The van der Waals surface area contributed by atoms with Crippen LogP contribution in [0.15, 0.2) is 0 Å². The molecule has 48 heavy (non-hydrogen) atoms. The first kappa shape index (κ1) is 43.4. The number of ether oxygens (including phenoxy) is 4. The number of esters is 2. The fourth-order valence-corrected chi connectivity index (χ4v) is 5.55. The molecule has 0 aliphatic carbocycles. The van der Waals surface area contributed by atoms with E-state index in [4.69, 9.17) is 18.9 Å². The molecule has 1 aliphatic rings. The lowest BCUT2D eigenvalue weighted by molar-refractivity contribution is -0.144. The molecule has 1 saturated heterocycles. The number of amides is 2. The molecular formula is C36H68N4O8. The van der Waals surface area contributed by atoms with Crippen molar-refractivity contribution in [3.63, 3.8) is 0 Å². The van der Waals surface area contributed by atoms with E-state index < -0.39 is 0 Å². The molecule has 12 heteroatoms. The molecule has 280 valence electrons. The Hall–Kier alpha value is -2.60. The molecule has 2 unspecified atom stereocenters. The number of hydrogen-bond acceptors (Lipinski definition) is 10. The molecule has 0 spiro atoms. The zero-order chi connectivity index (χ0) is 35.2. The molecule has 2 amide bonds.